The summed E-state index contributed by atoms with van der Waals surface area (Å²) >= 11 is 0. The molecular weight excluding hydrogens is 774 g/mol. The fourth-order valence-corrected chi connectivity index (χ4v) is 8.71. The summed E-state index contributed by atoms with van der Waals surface area (Å²) in [6.45, 7) is 8.68. The van der Waals surface area contributed by atoms with Gasteiger partial charge in [0.1, 0.15) is 29.5 Å². The molecule has 60 heavy (non-hydrogen) atoms. The van der Waals surface area contributed by atoms with E-state index in [1.54, 1.807) is 28.3 Å². The number of aromatic amines is 2. The maximum Gasteiger partial charge on any atom is 0.407 e. The fourth-order valence-electron chi connectivity index (χ4n) is 8.71. The van der Waals surface area contributed by atoms with E-state index >= 15 is 4.39 Å². The average molecular weight is 824 g/mol. The number of nitrogens with one attached hydrogen (secondary N) is 4. The molecule has 3 aliphatic rings. The van der Waals surface area contributed by atoms with Crippen LogP contribution in [0, 0.1) is 17.7 Å². The van der Waals surface area contributed by atoms with Gasteiger partial charge in [0, 0.05) is 35.2 Å². The van der Waals surface area contributed by atoms with Gasteiger partial charge in [0.25, 0.3) is 0 Å². The van der Waals surface area contributed by atoms with Crippen LogP contribution < -0.4 is 15.4 Å². The highest BCUT2D eigenvalue weighted by atomic mass is 19.1. The van der Waals surface area contributed by atoms with Crippen molar-refractivity contribution < 1.29 is 37.8 Å². The molecule has 6 heterocycles. The highest BCUT2D eigenvalue weighted by Gasteiger charge is 2.39. The Balaban J connectivity index is 1.01. The minimum absolute atomic E-state index is 0.109. The van der Waals surface area contributed by atoms with Gasteiger partial charge in [0.15, 0.2) is 12.5 Å². The molecule has 16 nitrogen and oxygen atoms in total. The molecule has 17 heteroatoms. The van der Waals surface area contributed by atoms with Gasteiger partial charge in [0.05, 0.1) is 61.3 Å². The third-order valence-electron chi connectivity index (χ3n) is 11.9. The Kier molecular flexibility index (Phi) is 11.0. The summed E-state index contributed by atoms with van der Waals surface area (Å²) in [6, 6.07) is 9.11. The lowest BCUT2D eigenvalue weighted by molar-refractivity contribution is -0.136. The minimum atomic E-state index is -0.743. The van der Waals surface area contributed by atoms with Gasteiger partial charge in [-0.1, -0.05) is 39.8 Å². The number of fused-ring (bicyclic) bond motifs is 5. The predicted octanol–water partition coefficient (Wildman–Crippen LogP) is 6.67. The largest absolute Gasteiger partial charge is 0.472 e. The van der Waals surface area contributed by atoms with E-state index in [1.165, 1.54) is 14.2 Å². The number of nitrogens with zero attached hydrogens (tertiary/aromatic N) is 5. The van der Waals surface area contributed by atoms with E-state index in [0.29, 0.717) is 64.8 Å². The molecule has 4 atom stereocenters. The van der Waals surface area contributed by atoms with Crippen LogP contribution in [0.15, 0.2) is 48.8 Å². The molecule has 2 saturated heterocycles. The van der Waals surface area contributed by atoms with Crippen molar-refractivity contribution in [1.29, 1.82) is 0 Å². The molecule has 0 saturated carbocycles. The van der Waals surface area contributed by atoms with Gasteiger partial charge in [-0.05, 0) is 61.8 Å². The number of likely N-dealkylation sites (tertiary alicyclic amines) is 2. The zero-order valence-corrected chi connectivity index (χ0v) is 34.5. The number of halogens is 1. The maximum atomic E-state index is 16.6. The van der Waals surface area contributed by atoms with Crippen LogP contribution in [0.5, 0.6) is 5.75 Å². The van der Waals surface area contributed by atoms with Crippen molar-refractivity contribution in [1.82, 2.24) is 44.9 Å². The molecule has 5 aromatic rings. The zero-order valence-electron chi connectivity index (χ0n) is 34.5. The second kappa shape index (κ2) is 16.3. The number of imidazole rings is 2. The van der Waals surface area contributed by atoms with Crippen LogP contribution in [-0.4, -0.2) is 97.7 Å². The Morgan fingerprint density at radius 3 is 1.82 bits per heavy atom. The molecule has 4 amide bonds. The summed E-state index contributed by atoms with van der Waals surface area (Å²) in [5.41, 5.74) is 4.65. The molecule has 2 aromatic carbocycles. The van der Waals surface area contributed by atoms with Crippen LogP contribution in [-0.2, 0) is 25.8 Å². The summed E-state index contributed by atoms with van der Waals surface area (Å²) in [6.07, 6.45) is 5.12. The highest BCUT2D eigenvalue weighted by molar-refractivity contribution is 5.93. The Morgan fingerprint density at radius 1 is 0.783 bits per heavy atom. The molecule has 0 bridgehead atoms. The van der Waals surface area contributed by atoms with Gasteiger partial charge >= 0.3 is 12.2 Å². The van der Waals surface area contributed by atoms with Crippen molar-refractivity contribution in [2.24, 2.45) is 11.8 Å². The number of carbonyl (C=O) groups excluding carboxylic acids is 4. The first-order chi connectivity index (χ1) is 28.9. The van der Waals surface area contributed by atoms with Crippen LogP contribution in [0.2, 0.25) is 0 Å². The van der Waals surface area contributed by atoms with E-state index in [4.69, 9.17) is 14.2 Å². The number of alkyl carbamates (subject to hydrolysis) is 2. The molecule has 316 valence electrons. The minimum Gasteiger partial charge on any atom is -0.472 e. The number of hydrogen-bond donors (Lipinski definition) is 4. The van der Waals surface area contributed by atoms with E-state index in [0.717, 1.165) is 36.1 Å². The first-order valence-corrected chi connectivity index (χ1v) is 20.4. The lowest BCUT2D eigenvalue weighted by Gasteiger charge is -2.30. The van der Waals surface area contributed by atoms with Crippen molar-refractivity contribution in [2.45, 2.75) is 84.3 Å². The van der Waals surface area contributed by atoms with Crippen LogP contribution in [0.4, 0.5) is 14.0 Å². The van der Waals surface area contributed by atoms with Gasteiger partial charge in [-0.25, -0.2) is 23.9 Å². The lowest BCUT2D eigenvalue weighted by atomic mass is 10.0. The van der Waals surface area contributed by atoms with Crippen molar-refractivity contribution >= 4 is 34.9 Å². The van der Waals surface area contributed by atoms with Gasteiger partial charge in [0.2, 0.25) is 11.8 Å². The molecule has 3 aromatic heterocycles. The smallest absolute Gasteiger partial charge is 0.407 e. The molecule has 8 rings (SSSR count). The second-order valence-corrected chi connectivity index (χ2v) is 16.3. The molecule has 2 fully saturated rings. The fraction of sp³-hybridized carbons (Fsp3) is 0.442. The first-order valence-electron chi connectivity index (χ1n) is 20.4. The summed E-state index contributed by atoms with van der Waals surface area (Å²) < 4.78 is 34.1. The quantitative estimate of drug-likeness (QED) is 0.119. The van der Waals surface area contributed by atoms with E-state index in [9.17, 15) is 19.2 Å². The van der Waals surface area contributed by atoms with Crippen molar-refractivity contribution in [2.75, 3.05) is 27.3 Å². The van der Waals surface area contributed by atoms with Crippen LogP contribution >= 0.6 is 0 Å². The average Bonchev–Trinajstić information content (AvgIpc) is 4.11. The van der Waals surface area contributed by atoms with Gasteiger partial charge in [-0.3, -0.25) is 9.59 Å². The number of aromatic nitrogens is 5. The van der Waals surface area contributed by atoms with Crippen molar-refractivity contribution in [3.05, 3.63) is 66.3 Å². The third kappa shape index (κ3) is 7.30. The standard InChI is InChI=1S/C43H50FN9O7/c1-22(2)35(49-42(56)58-5)40(54)51-15-7-9-31(51)38-45-19-28(47-38)24-12-14-30-27(17-24)34(44)37-26-13-11-25(18-33(26)60-21-53(30)37)29-20-46-39(48-29)32-10-8-16-52(32)41(55)36(23(3)4)50-43(57)59-6/h11-14,17-20,22-23,31-32,35-36H,7-10,15-16,21H2,1-6H3,(H,45,47)(H,46,48)(H,49,56)(H,50,57)/t31-,32-,35?,36-/m0/s1. The van der Waals surface area contributed by atoms with Gasteiger partial charge in [-0.15, -0.1) is 0 Å². The Hall–Kier alpha value is -6.39. The topological polar surface area (TPSA) is 189 Å². The monoisotopic (exact) mass is 823 g/mol. The molecule has 0 aliphatic carbocycles. The number of benzene rings is 2. The molecule has 0 radical (unpaired) electrons. The maximum absolute atomic E-state index is 16.6. The van der Waals surface area contributed by atoms with Crippen LogP contribution in [0.3, 0.4) is 0 Å². The molecule has 3 aliphatic heterocycles. The number of methoxy groups -OCH3 is 2. The summed E-state index contributed by atoms with van der Waals surface area (Å²) in [4.78, 5) is 70.9. The Labute approximate surface area is 346 Å². The van der Waals surface area contributed by atoms with E-state index in [-0.39, 0.29) is 48.3 Å². The summed E-state index contributed by atoms with van der Waals surface area (Å²) in [7, 11) is 2.54. The molecule has 1 unspecified atom stereocenters. The Morgan fingerprint density at radius 2 is 1.30 bits per heavy atom. The van der Waals surface area contributed by atoms with Crippen LogP contribution in [0.1, 0.15) is 77.1 Å². The molecule has 0 spiro atoms. The summed E-state index contributed by atoms with van der Waals surface area (Å²) in [5, 5.41) is 5.78. The number of hydrogen-bond acceptors (Lipinski definition) is 9. The second-order valence-electron chi connectivity index (χ2n) is 16.3. The Bertz CT molecular complexity index is 2450. The number of H-pyrrole nitrogens is 2. The third-order valence-corrected chi connectivity index (χ3v) is 11.9. The van der Waals surface area contributed by atoms with Crippen molar-refractivity contribution in [3.63, 3.8) is 0 Å². The van der Waals surface area contributed by atoms with E-state index in [2.05, 4.69) is 30.6 Å². The number of ether oxygens (including phenoxy) is 3. The summed E-state index contributed by atoms with van der Waals surface area (Å²) in [5.74, 6) is 0.742. The SMILES string of the molecule is COC(=O)NC(C(=O)N1CCC[C@H]1c1ncc(-c2ccc3c(c2)c(F)c2n3COc3cc(-c4cnc([C@@H]5CCCN5C(=O)[C@@H](NC(=O)OC)C(C)C)[nH]4)ccc3-2)[nH]1)C(C)C. The zero-order chi connectivity index (χ0) is 42.4. The number of carbonyl (C=O) groups is 4. The lowest BCUT2D eigenvalue weighted by Crippen LogP contribution is -2.51. The highest BCUT2D eigenvalue weighted by Crippen LogP contribution is 2.44. The van der Waals surface area contributed by atoms with E-state index < -0.39 is 24.3 Å². The van der Waals surface area contributed by atoms with Crippen LogP contribution in [0.25, 0.3) is 44.7 Å². The van der Waals surface area contributed by atoms with Crippen molar-refractivity contribution in [3.8, 4) is 39.5 Å². The van der Waals surface area contributed by atoms with E-state index in [1.807, 2.05) is 62.6 Å². The normalized spacial score (nSPS) is 18.3. The number of amides is 4. The molecular formula is C43H50FN9O7. The predicted molar refractivity (Wildman–Crippen MR) is 219 cm³/mol. The number of rotatable bonds is 10. The van der Waals surface area contributed by atoms with Gasteiger partial charge in [-0.2, -0.15) is 0 Å². The molecule has 4 N–H and O–H groups in total. The van der Waals surface area contributed by atoms with Gasteiger partial charge < -0.3 is 49.2 Å². The first kappa shape index (κ1) is 40.4.